The Labute approximate surface area is 131 Å². The standard InChI is InChI=1S/C18H12FNO3/c19-15-3-1-11(2-4-15)5-12-6-16-13(9-21)7-14(10-22)18(23)17(16)20-8-12/h1-4,6-10,23H,5H2. The molecule has 0 aliphatic rings. The third-order valence-corrected chi connectivity index (χ3v) is 3.64. The average molecular weight is 309 g/mol. The van der Waals surface area contributed by atoms with Crippen LogP contribution in [0.15, 0.2) is 42.6 Å². The summed E-state index contributed by atoms with van der Waals surface area (Å²) < 4.78 is 12.9. The molecule has 3 aromatic rings. The highest BCUT2D eigenvalue weighted by atomic mass is 19.1. The third-order valence-electron chi connectivity index (χ3n) is 3.64. The second kappa shape index (κ2) is 5.96. The molecule has 0 radical (unpaired) electrons. The van der Waals surface area contributed by atoms with Crippen molar-refractivity contribution in [3.63, 3.8) is 0 Å². The molecule has 0 amide bonds. The van der Waals surface area contributed by atoms with Gasteiger partial charge in [-0.05, 0) is 41.8 Å². The van der Waals surface area contributed by atoms with E-state index >= 15 is 0 Å². The van der Waals surface area contributed by atoms with Crippen LogP contribution >= 0.6 is 0 Å². The van der Waals surface area contributed by atoms with Gasteiger partial charge < -0.3 is 5.11 Å². The maximum atomic E-state index is 12.9. The van der Waals surface area contributed by atoms with Crippen LogP contribution in [0.1, 0.15) is 31.8 Å². The lowest BCUT2D eigenvalue weighted by atomic mass is 10.0. The van der Waals surface area contributed by atoms with E-state index in [1.54, 1.807) is 24.4 Å². The van der Waals surface area contributed by atoms with Crippen molar-refractivity contribution >= 4 is 23.5 Å². The normalized spacial score (nSPS) is 10.7. The fourth-order valence-corrected chi connectivity index (χ4v) is 2.49. The Morgan fingerprint density at radius 1 is 1.00 bits per heavy atom. The van der Waals surface area contributed by atoms with E-state index in [1.807, 2.05) is 0 Å². The van der Waals surface area contributed by atoms with Crippen molar-refractivity contribution in [1.82, 2.24) is 4.98 Å². The number of fused-ring (bicyclic) bond motifs is 1. The number of halogens is 1. The summed E-state index contributed by atoms with van der Waals surface area (Å²) in [4.78, 5) is 26.4. The van der Waals surface area contributed by atoms with Crippen LogP contribution in [-0.4, -0.2) is 22.7 Å². The van der Waals surface area contributed by atoms with E-state index in [-0.39, 0.29) is 28.2 Å². The second-order valence-corrected chi connectivity index (χ2v) is 5.18. The summed E-state index contributed by atoms with van der Waals surface area (Å²) in [6, 6.07) is 9.18. The van der Waals surface area contributed by atoms with Gasteiger partial charge in [0.05, 0.1) is 5.56 Å². The lowest BCUT2D eigenvalue weighted by molar-refractivity contribution is 0.112. The van der Waals surface area contributed by atoms with Gasteiger partial charge in [-0.3, -0.25) is 14.6 Å². The number of phenols is 1. The molecular weight excluding hydrogens is 297 g/mol. The van der Waals surface area contributed by atoms with Gasteiger partial charge in [0.1, 0.15) is 11.3 Å². The molecule has 0 fully saturated rings. The number of carbonyl (C=O) groups excluding carboxylic acids is 2. The van der Waals surface area contributed by atoms with E-state index in [9.17, 15) is 19.1 Å². The molecule has 0 aliphatic heterocycles. The van der Waals surface area contributed by atoms with Crippen LogP contribution in [0.4, 0.5) is 4.39 Å². The molecule has 0 spiro atoms. The first-order valence-corrected chi connectivity index (χ1v) is 6.91. The molecule has 1 heterocycles. The Bertz CT molecular complexity index is 904. The van der Waals surface area contributed by atoms with Gasteiger partial charge in [-0.15, -0.1) is 0 Å². The highest BCUT2D eigenvalue weighted by Gasteiger charge is 2.13. The topological polar surface area (TPSA) is 67.3 Å². The van der Waals surface area contributed by atoms with Crippen LogP contribution < -0.4 is 0 Å². The summed E-state index contributed by atoms with van der Waals surface area (Å²) in [5, 5.41) is 10.5. The maximum Gasteiger partial charge on any atom is 0.153 e. The van der Waals surface area contributed by atoms with Gasteiger partial charge >= 0.3 is 0 Å². The molecule has 3 rings (SSSR count). The number of pyridine rings is 1. The van der Waals surface area contributed by atoms with Crippen LogP contribution in [0.5, 0.6) is 5.75 Å². The van der Waals surface area contributed by atoms with Gasteiger partial charge in [-0.2, -0.15) is 0 Å². The number of rotatable bonds is 4. The molecular formula is C18H12FNO3. The van der Waals surface area contributed by atoms with Crippen LogP contribution in [0.25, 0.3) is 10.9 Å². The van der Waals surface area contributed by atoms with Crippen molar-refractivity contribution in [2.75, 3.05) is 0 Å². The predicted molar refractivity (Wildman–Crippen MR) is 83.4 cm³/mol. The number of carbonyl (C=O) groups is 2. The van der Waals surface area contributed by atoms with E-state index in [0.29, 0.717) is 24.4 Å². The fourth-order valence-electron chi connectivity index (χ4n) is 2.49. The number of benzene rings is 2. The smallest absolute Gasteiger partial charge is 0.153 e. The molecule has 4 nitrogen and oxygen atoms in total. The van der Waals surface area contributed by atoms with Crippen LogP contribution in [0, 0.1) is 5.82 Å². The lowest BCUT2D eigenvalue weighted by Crippen LogP contribution is -1.96. The minimum absolute atomic E-state index is 0.0263. The number of nitrogens with zero attached hydrogens (tertiary/aromatic N) is 1. The quantitative estimate of drug-likeness (QED) is 0.751. The lowest BCUT2D eigenvalue weighted by Gasteiger charge is -2.08. The van der Waals surface area contributed by atoms with E-state index in [2.05, 4.69) is 4.98 Å². The van der Waals surface area contributed by atoms with Crippen molar-refractivity contribution in [1.29, 1.82) is 0 Å². The molecule has 23 heavy (non-hydrogen) atoms. The second-order valence-electron chi connectivity index (χ2n) is 5.18. The molecule has 0 unspecified atom stereocenters. The highest BCUT2D eigenvalue weighted by molar-refractivity contribution is 6.03. The summed E-state index contributed by atoms with van der Waals surface area (Å²) in [5.41, 5.74) is 2.23. The molecule has 5 heteroatoms. The van der Waals surface area contributed by atoms with Crippen molar-refractivity contribution in [3.8, 4) is 5.75 Å². The summed E-state index contributed by atoms with van der Waals surface area (Å²) in [6.45, 7) is 0. The van der Waals surface area contributed by atoms with Crippen molar-refractivity contribution < 1.29 is 19.1 Å². The van der Waals surface area contributed by atoms with Gasteiger partial charge in [-0.1, -0.05) is 12.1 Å². The Morgan fingerprint density at radius 3 is 2.35 bits per heavy atom. The van der Waals surface area contributed by atoms with Gasteiger partial charge in [0, 0.05) is 17.1 Å². The zero-order valence-corrected chi connectivity index (χ0v) is 12.0. The maximum absolute atomic E-state index is 12.9. The summed E-state index contributed by atoms with van der Waals surface area (Å²) in [5.74, 6) is -0.547. The van der Waals surface area contributed by atoms with Crippen LogP contribution in [0.2, 0.25) is 0 Å². The fraction of sp³-hybridized carbons (Fsp3) is 0.0556. The molecule has 2 aromatic carbocycles. The summed E-state index contributed by atoms with van der Waals surface area (Å²) in [6.07, 6.45) is 3.18. The molecule has 0 atom stereocenters. The van der Waals surface area contributed by atoms with E-state index < -0.39 is 0 Å². The van der Waals surface area contributed by atoms with E-state index in [4.69, 9.17) is 0 Å². The van der Waals surface area contributed by atoms with Crippen LogP contribution in [0.3, 0.4) is 0 Å². The number of hydrogen-bond acceptors (Lipinski definition) is 4. The number of hydrogen-bond donors (Lipinski definition) is 1. The highest BCUT2D eigenvalue weighted by Crippen LogP contribution is 2.29. The first-order chi connectivity index (χ1) is 11.1. The number of aromatic nitrogens is 1. The Kier molecular flexibility index (Phi) is 3.85. The number of phenolic OH excluding ortho intramolecular Hbond substituents is 1. The molecule has 1 aromatic heterocycles. The number of aldehydes is 2. The molecule has 114 valence electrons. The van der Waals surface area contributed by atoms with E-state index in [0.717, 1.165) is 11.1 Å². The molecule has 0 saturated carbocycles. The minimum atomic E-state index is -0.306. The van der Waals surface area contributed by atoms with Crippen molar-refractivity contribution in [3.05, 3.63) is 70.7 Å². The van der Waals surface area contributed by atoms with Crippen molar-refractivity contribution in [2.24, 2.45) is 0 Å². The van der Waals surface area contributed by atoms with Crippen molar-refractivity contribution in [2.45, 2.75) is 6.42 Å². The van der Waals surface area contributed by atoms with Gasteiger partial charge in [-0.25, -0.2) is 4.39 Å². The molecule has 0 saturated heterocycles. The minimum Gasteiger partial charge on any atom is -0.505 e. The average Bonchev–Trinajstić information content (AvgIpc) is 2.57. The monoisotopic (exact) mass is 309 g/mol. The Balaban J connectivity index is 2.09. The third kappa shape index (κ3) is 2.81. The van der Waals surface area contributed by atoms with Crippen LogP contribution in [-0.2, 0) is 6.42 Å². The molecule has 0 bridgehead atoms. The van der Waals surface area contributed by atoms with Gasteiger partial charge in [0.15, 0.2) is 18.3 Å². The van der Waals surface area contributed by atoms with E-state index in [1.165, 1.54) is 18.2 Å². The SMILES string of the molecule is O=Cc1cc(C=O)c2cc(Cc3ccc(F)cc3)cnc2c1O. The Hall–Kier alpha value is -3.08. The summed E-state index contributed by atoms with van der Waals surface area (Å²) in [7, 11) is 0. The first-order valence-electron chi connectivity index (χ1n) is 6.91. The predicted octanol–water partition coefficient (Wildman–Crippen LogP) is 3.30. The number of aromatic hydroxyl groups is 1. The first kappa shape index (κ1) is 14.8. The zero-order chi connectivity index (χ0) is 16.4. The molecule has 1 N–H and O–H groups in total. The molecule has 0 aliphatic carbocycles. The Morgan fingerprint density at radius 2 is 1.70 bits per heavy atom. The summed E-state index contributed by atoms with van der Waals surface area (Å²) >= 11 is 0. The van der Waals surface area contributed by atoms with Gasteiger partial charge in [0.2, 0.25) is 0 Å². The largest absolute Gasteiger partial charge is 0.505 e. The van der Waals surface area contributed by atoms with Gasteiger partial charge in [0.25, 0.3) is 0 Å². The zero-order valence-electron chi connectivity index (χ0n) is 12.0.